The summed E-state index contributed by atoms with van der Waals surface area (Å²) in [6, 6.07) is 9.57. The molecule has 2 N–H and O–H groups in total. The van der Waals surface area contributed by atoms with Crippen molar-refractivity contribution in [3.63, 3.8) is 0 Å². The smallest absolute Gasteiger partial charge is 0.246 e. The van der Waals surface area contributed by atoms with E-state index in [2.05, 4.69) is 10.6 Å². The van der Waals surface area contributed by atoms with Gasteiger partial charge in [-0.3, -0.25) is 9.59 Å². The molecule has 166 valence electrons. The third-order valence-electron chi connectivity index (χ3n) is 4.42. The van der Waals surface area contributed by atoms with Gasteiger partial charge in [-0.05, 0) is 43.3 Å². The highest BCUT2D eigenvalue weighted by molar-refractivity contribution is 8.01. The van der Waals surface area contributed by atoms with Crippen LogP contribution in [-0.2, 0) is 19.6 Å². The lowest BCUT2D eigenvalue weighted by atomic mass is 10.2. The molecule has 11 heteroatoms. The molecule has 0 spiro atoms. The molecule has 0 aliphatic carbocycles. The first-order chi connectivity index (χ1) is 14.6. The number of amides is 2. The van der Waals surface area contributed by atoms with Crippen LogP contribution in [0.15, 0.2) is 46.2 Å². The van der Waals surface area contributed by atoms with Crippen molar-refractivity contribution in [1.29, 1.82) is 0 Å². The molecular formula is C20H22ClN3O5S2. The number of carbonyl (C=O) groups is 2. The molecule has 0 aromatic heterocycles. The molecule has 0 unspecified atom stereocenters. The van der Waals surface area contributed by atoms with Gasteiger partial charge in [-0.1, -0.05) is 11.6 Å². The molecule has 2 amide bonds. The van der Waals surface area contributed by atoms with E-state index in [-0.39, 0.29) is 23.0 Å². The second kappa shape index (κ2) is 9.47. The molecule has 2 aromatic rings. The van der Waals surface area contributed by atoms with Crippen LogP contribution in [0.2, 0.25) is 5.02 Å². The Bertz CT molecular complexity index is 1120. The van der Waals surface area contributed by atoms with E-state index in [1.54, 1.807) is 31.2 Å². The van der Waals surface area contributed by atoms with Crippen molar-refractivity contribution >= 4 is 56.6 Å². The molecule has 0 radical (unpaired) electrons. The highest BCUT2D eigenvalue weighted by Gasteiger charge is 2.29. The quantitative estimate of drug-likeness (QED) is 0.625. The molecule has 1 aliphatic heterocycles. The van der Waals surface area contributed by atoms with E-state index in [4.69, 9.17) is 16.3 Å². The Kier molecular flexibility index (Phi) is 7.15. The number of fused-ring (bicyclic) bond motifs is 1. The molecule has 0 saturated carbocycles. The molecule has 1 atom stereocenters. The summed E-state index contributed by atoms with van der Waals surface area (Å²) in [4.78, 5) is 25.7. The lowest BCUT2D eigenvalue weighted by Crippen LogP contribution is -2.32. The predicted molar refractivity (Wildman–Crippen MR) is 121 cm³/mol. The number of ether oxygens (including phenoxy) is 1. The summed E-state index contributed by atoms with van der Waals surface area (Å²) in [5, 5.41) is 5.31. The number of benzene rings is 2. The molecular weight excluding hydrogens is 462 g/mol. The van der Waals surface area contributed by atoms with Crippen molar-refractivity contribution in [2.24, 2.45) is 0 Å². The first kappa shape index (κ1) is 23.4. The van der Waals surface area contributed by atoms with Gasteiger partial charge in [-0.15, -0.1) is 11.8 Å². The largest absolute Gasteiger partial charge is 0.492 e. The van der Waals surface area contributed by atoms with Gasteiger partial charge < -0.3 is 15.4 Å². The van der Waals surface area contributed by atoms with Crippen LogP contribution < -0.4 is 15.4 Å². The van der Waals surface area contributed by atoms with Crippen molar-refractivity contribution in [1.82, 2.24) is 4.31 Å². The van der Waals surface area contributed by atoms with Gasteiger partial charge in [0.05, 0.1) is 17.5 Å². The lowest BCUT2D eigenvalue weighted by Gasteiger charge is -2.24. The maximum Gasteiger partial charge on any atom is 0.246 e. The minimum absolute atomic E-state index is 0.0484. The zero-order valence-electron chi connectivity index (χ0n) is 17.1. The fourth-order valence-electron chi connectivity index (χ4n) is 2.90. The van der Waals surface area contributed by atoms with Crippen LogP contribution in [0.1, 0.15) is 13.3 Å². The van der Waals surface area contributed by atoms with E-state index >= 15 is 0 Å². The fourth-order valence-corrected chi connectivity index (χ4v) is 5.21. The number of carbonyl (C=O) groups excluding carboxylic acids is 2. The van der Waals surface area contributed by atoms with Crippen molar-refractivity contribution in [2.45, 2.75) is 28.4 Å². The Morgan fingerprint density at radius 3 is 2.68 bits per heavy atom. The summed E-state index contributed by atoms with van der Waals surface area (Å²) in [7, 11) is -0.949. The number of thioether (sulfide) groups is 1. The summed E-state index contributed by atoms with van der Waals surface area (Å²) >= 11 is 7.23. The number of sulfonamides is 1. The summed E-state index contributed by atoms with van der Waals surface area (Å²) in [5.41, 5.74) is 0.909. The minimum Gasteiger partial charge on any atom is -0.492 e. The highest BCUT2D eigenvalue weighted by Crippen LogP contribution is 2.38. The van der Waals surface area contributed by atoms with Crippen LogP contribution in [0, 0.1) is 0 Å². The molecule has 3 rings (SSSR count). The molecule has 2 aromatic carbocycles. The summed E-state index contributed by atoms with van der Waals surface area (Å²) in [6.07, 6.45) is -0.0818. The first-order valence-electron chi connectivity index (χ1n) is 9.38. The van der Waals surface area contributed by atoms with E-state index < -0.39 is 21.2 Å². The zero-order chi connectivity index (χ0) is 22.8. The van der Waals surface area contributed by atoms with Crippen LogP contribution in [0.3, 0.4) is 0 Å². The van der Waals surface area contributed by atoms with Crippen LogP contribution >= 0.6 is 23.4 Å². The average Bonchev–Trinajstić information content (AvgIpc) is 2.69. The SMILES string of the molecule is CCOc1ccc(NC(=O)C[C@@H]2Sc3ccc(Cl)cc3NC2=O)cc1S(=O)(=O)N(C)C. The number of nitrogens with zero attached hydrogens (tertiary/aromatic N) is 1. The summed E-state index contributed by atoms with van der Waals surface area (Å²) in [5.74, 6) is -0.508. The van der Waals surface area contributed by atoms with Gasteiger partial charge in [0.1, 0.15) is 10.6 Å². The Hall–Kier alpha value is -2.27. The summed E-state index contributed by atoms with van der Waals surface area (Å²) < 4.78 is 31.8. The third kappa shape index (κ3) is 5.32. The molecule has 8 nitrogen and oxygen atoms in total. The van der Waals surface area contributed by atoms with E-state index in [1.807, 2.05) is 0 Å². The zero-order valence-corrected chi connectivity index (χ0v) is 19.5. The standard InChI is InChI=1S/C20H22ClN3O5S2/c1-4-29-15-7-6-13(10-18(15)31(27,28)24(2)3)22-19(25)11-17-20(26)23-14-9-12(21)5-8-16(14)30-17/h5-10,17H,4,11H2,1-3H3,(H,22,25)(H,23,26)/t17-/m0/s1. The predicted octanol–water partition coefficient (Wildman–Crippen LogP) is 3.43. The minimum atomic E-state index is -3.78. The van der Waals surface area contributed by atoms with Crippen LogP contribution in [0.25, 0.3) is 0 Å². The van der Waals surface area contributed by atoms with Crippen molar-refractivity contribution < 1.29 is 22.7 Å². The number of hydrogen-bond acceptors (Lipinski definition) is 6. The van der Waals surface area contributed by atoms with Gasteiger partial charge in [-0.2, -0.15) is 0 Å². The van der Waals surface area contributed by atoms with Crippen LogP contribution in [-0.4, -0.2) is 50.5 Å². The Balaban J connectivity index is 1.76. The second-order valence-electron chi connectivity index (χ2n) is 6.87. The van der Waals surface area contributed by atoms with E-state index in [9.17, 15) is 18.0 Å². The molecule has 0 bridgehead atoms. The summed E-state index contributed by atoms with van der Waals surface area (Å²) in [6.45, 7) is 2.04. The molecule has 31 heavy (non-hydrogen) atoms. The molecule has 0 fully saturated rings. The van der Waals surface area contributed by atoms with Gasteiger partial charge in [0.25, 0.3) is 0 Å². The Labute approximate surface area is 190 Å². The van der Waals surface area contributed by atoms with E-state index in [0.29, 0.717) is 23.0 Å². The van der Waals surface area contributed by atoms with Gasteiger partial charge >= 0.3 is 0 Å². The number of halogens is 1. The highest BCUT2D eigenvalue weighted by atomic mass is 35.5. The average molecular weight is 484 g/mol. The van der Waals surface area contributed by atoms with E-state index in [0.717, 1.165) is 9.20 Å². The number of anilines is 2. The molecule has 1 aliphatic rings. The van der Waals surface area contributed by atoms with Crippen LogP contribution in [0.5, 0.6) is 5.75 Å². The number of rotatable bonds is 7. The third-order valence-corrected chi connectivity index (χ3v) is 7.76. The lowest BCUT2D eigenvalue weighted by molar-refractivity contribution is -0.120. The topological polar surface area (TPSA) is 105 Å². The fraction of sp³-hybridized carbons (Fsp3) is 0.300. The molecule has 0 saturated heterocycles. The maximum absolute atomic E-state index is 12.6. The first-order valence-corrected chi connectivity index (χ1v) is 12.1. The monoisotopic (exact) mass is 483 g/mol. The molecule has 1 heterocycles. The van der Waals surface area contributed by atoms with Crippen molar-refractivity contribution in [3.05, 3.63) is 41.4 Å². The van der Waals surface area contributed by atoms with Crippen LogP contribution in [0.4, 0.5) is 11.4 Å². The van der Waals surface area contributed by atoms with Crippen molar-refractivity contribution in [3.8, 4) is 5.75 Å². The Morgan fingerprint density at radius 2 is 2.00 bits per heavy atom. The normalized spacial score (nSPS) is 15.9. The maximum atomic E-state index is 12.6. The van der Waals surface area contributed by atoms with Gasteiger partial charge in [0, 0.05) is 36.1 Å². The number of hydrogen-bond donors (Lipinski definition) is 2. The second-order valence-corrected chi connectivity index (χ2v) is 10.7. The van der Waals surface area contributed by atoms with Gasteiger partial charge in [0.15, 0.2) is 0 Å². The van der Waals surface area contributed by atoms with Gasteiger partial charge in [0.2, 0.25) is 21.8 Å². The van der Waals surface area contributed by atoms with Gasteiger partial charge in [-0.25, -0.2) is 12.7 Å². The Morgan fingerprint density at radius 1 is 1.26 bits per heavy atom. The van der Waals surface area contributed by atoms with Crippen molar-refractivity contribution in [2.75, 3.05) is 31.3 Å². The van der Waals surface area contributed by atoms with E-state index in [1.165, 1.54) is 38.0 Å². The number of nitrogens with one attached hydrogen (secondary N) is 2.